The molecule has 1 rings (SSSR count). The van der Waals surface area contributed by atoms with Gasteiger partial charge in [-0.3, -0.25) is 4.79 Å². The number of ether oxygens (including phenoxy) is 2. The van der Waals surface area contributed by atoms with Gasteiger partial charge in [0.15, 0.2) is 6.29 Å². The van der Waals surface area contributed by atoms with Gasteiger partial charge in [-0.25, -0.2) is 0 Å². The van der Waals surface area contributed by atoms with Gasteiger partial charge >= 0.3 is 0 Å². The highest BCUT2D eigenvalue weighted by atomic mass is 16.7. The number of hydrogen-bond acceptors (Lipinski definition) is 8. The number of carbonyl (C=O) groups excluding carboxylic acids is 1. The van der Waals surface area contributed by atoms with Crippen LogP contribution in [0, 0.1) is 0 Å². The molecule has 1 amide bonds. The normalized spacial score (nSPS) is 19.9. The van der Waals surface area contributed by atoms with Crippen LogP contribution in [-0.4, -0.2) is 87.5 Å². The molecule has 9 heteroatoms. The third kappa shape index (κ3) is 40.4. The highest BCUT2D eigenvalue weighted by Gasteiger charge is 2.44. The highest BCUT2D eigenvalue weighted by molar-refractivity contribution is 5.76. The molecule has 0 spiro atoms. The van der Waals surface area contributed by atoms with Gasteiger partial charge in [0.1, 0.15) is 24.4 Å². The van der Waals surface area contributed by atoms with Gasteiger partial charge in [-0.1, -0.05) is 247 Å². The van der Waals surface area contributed by atoms with E-state index in [-0.39, 0.29) is 12.5 Å². The summed E-state index contributed by atoms with van der Waals surface area (Å²) in [4.78, 5) is 13.1. The van der Waals surface area contributed by atoms with Crippen molar-refractivity contribution < 1.29 is 39.8 Å². The van der Waals surface area contributed by atoms with Crippen molar-refractivity contribution >= 4 is 5.91 Å². The van der Waals surface area contributed by atoms with Gasteiger partial charge in [0.05, 0.1) is 25.4 Å². The summed E-state index contributed by atoms with van der Waals surface area (Å²) in [6.07, 6.45) is 65.1. The van der Waals surface area contributed by atoms with E-state index in [1.165, 1.54) is 154 Å². The molecule has 7 atom stereocenters. The van der Waals surface area contributed by atoms with E-state index in [1.807, 2.05) is 6.08 Å². The summed E-state index contributed by atoms with van der Waals surface area (Å²) < 4.78 is 11.3. The Morgan fingerprint density at radius 2 is 0.887 bits per heavy atom. The van der Waals surface area contributed by atoms with Gasteiger partial charge < -0.3 is 40.3 Å². The van der Waals surface area contributed by atoms with Gasteiger partial charge in [-0.15, -0.1) is 0 Å². The number of aliphatic hydroxyl groups is 5. The Kier molecular flexibility index (Phi) is 47.6. The van der Waals surface area contributed by atoms with Crippen molar-refractivity contribution in [2.75, 3.05) is 13.2 Å². The summed E-state index contributed by atoms with van der Waals surface area (Å²) in [6, 6.07) is -0.826. The van der Waals surface area contributed by atoms with Crippen molar-refractivity contribution in [2.24, 2.45) is 0 Å². The fourth-order valence-corrected chi connectivity index (χ4v) is 8.85. The monoisotopic (exact) mass is 996 g/mol. The van der Waals surface area contributed by atoms with Crippen LogP contribution >= 0.6 is 0 Å². The van der Waals surface area contributed by atoms with Crippen molar-refractivity contribution in [1.29, 1.82) is 0 Å². The zero-order valence-corrected chi connectivity index (χ0v) is 45.5. The molecule has 0 aromatic heterocycles. The van der Waals surface area contributed by atoms with Crippen LogP contribution in [0.4, 0.5) is 0 Å². The first-order valence-corrected chi connectivity index (χ1v) is 29.3. The second-order valence-corrected chi connectivity index (χ2v) is 20.0. The highest BCUT2D eigenvalue weighted by Crippen LogP contribution is 2.23. The average molecular weight is 997 g/mol. The molecule has 1 fully saturated rings. The maximum absolute atomic E-state index is 13.1. The van der Waals surface area contributed by atoms with E-state index in [1.54, 1.807) is 6.08 Å². The van der Waals surface area contributed by atoms with Gasteiger partial charge in [-0.05, 0) is 77.0 Å². The number of unbranched alkanes of at least 4 members (excludes halogenated alkanes) is 27. The molecular formula is C62H109NO8. The molecule has 0 aromatic rings. The van der Waals surface area contributed by atoms with Crippen LogP contribution in [0.1, 0.15) is 245 Å². The Morgan fingerprint density at radius 3 is 1.35 bits per heavy atom. The number of amides is 1. The van der Waals surface area contributed by atoms with Gasteiger partial charge in [0, 0.05) is 6.42 Å². The lowest BCUT2D eigenvalue weighted by molar-refractivity contribution is -0.302. The SMILES string of the molecule is CC/C=C\C/C=C\C/C=C\C/C=C\C/C=C\CCCCCCCCCCCCCCCCCC(=O)NC(COC1OC(CO)C(O)C(O)C1O)C(O)/C=C/CC/C=C/CCCCCCCCCCCCC. The first-order valence-electron chi connectivity index (χ1n) is 29.3. The maximum Gasteiger partial charge on any atom is 0.220 e. The van der Waals surface area contributed by atoms with Gasteiger partial charge in [0.2, 0.25) is 5.91 Å². The summed E-state index contributed by atoms with van der Waals surface area (Å²) in [5.74, 6) is -0.188. The van der Waals surface area contributed by atoms with E-state index >= 15 is 0 Å². The lowest BCUT2D eigenvalue weighted by Crippen LogP contribution is -2.60. The Morgan fingerprint density at radius 1 is 0.493 bits per heavy atom. The summed E-state index contributed by atoms with van der Waals surface area (Å²) in [6.45, 7) is 3.65. The number of nitrogens with one attached hydrogen (secondary N) is 1. The van der Waals surface area contributed by atoms with E-state index in [0.717, 1.165) is 70.6 Å². The standard InChI is InChI=1S/C62H109NO8/c1-3-5-7-9-11-13-15-17-19-21-22-23-24-25-26-27-28-29-30-31-32-33-34-36-38-40-42-44-46-48-50-52-58(66)63-55(54-70-62-61(69)60(68)59(67)57(53-64)71-62)56(65)51-49-47-45-43-41-39-37-35-20-18-16-14-12-10-8-6-4-2/h5,7,11,13,17,19,22-23,25-26,41,43,49,51,55-57,59-62,64-65,67-69H,3-4,6,8-10,12,14-16,18,20-21,24,27-40,42,44-48,50,52-54H2,1-2H3,(H,63,66)/b7-5-,13-11-,19-17-,23-22-,26-25-,43-41+,51-49+. The molecule has 7 unspecified atom stereocenters. The van der Waals surface area contributed by atoms with Crippen LogP contribution in [0.15, 0.2) is 85.1 Å². The zero-order chi connectivity index (χ0) is 51.5. The number of aliphatic hydroxyl groups excluding tert-OH is 5. The largest absolute Gasteiger partial charge is 0.394 e. The molecule has 6 N–H and O–H groups in total. The molecule has 1 saturated heterocycles. The minimum Gasteiger partial charge on any atom is -0.394 e. The van der Waals surface area contributed by atoms with Crippen LogP contribution in [-0.2, 0) is 14.3 Å². The third-order valence-corrected chi connectivity index (χ3v) is 13.5. The average Bonchev–Trinajstić information content (AvgIpc) is 3.37. The molecule has 1 aliphatic heterocycles. The smallest absolute Gasteiger partial charge is 0.220 e. The fourth-order valence-electron chi connectivity index (χ4n) is 8.85. The third-order valence-electron chi connectivity index (χ3n) is 13.5. The summed E-state index contributed by atoms with van der Waals surface area (Å²) in [7, 11) is 0. The number of carbonyl (C=O) groups is 1. The maximum atomic E-state index is 13.1. The molecule has 0 aromatic carbocycles. The quantitative estimate of drug-likeness (QED) is 0.0261. The molecule has 410 valence electrons. The van der Waals surface area contributed by atoms with Crippen molar-refractivity contribution in [3.05, 3.63) is 85.1 Å². The first kappa shape index (κ1) is 66.4. The lowest BCUT2D eigenvalue weighted by Gasteiger charge is -2.40. The zero-order valence-electron chi connectivity index (χ0n) is 45.5. The Balaban J connectivity index is 2.19. The molecular weight excluding hydrogens is 887 g/mol. The van der Waals surface area contributed by atoms with Crippen LogP contribution < -0.4 is 5.32 Å². The minimum atomic E-state index is -1.57. The van der Waals surface area contributed by atoms with Crippen molar-refractivity contribution in [3.8, 4) is 0 Å². The fraction of sp³-hybridized carbons (Fsp3) is 0.758. The van der Waals surface area contributed by atoms with Crippen molar-refractivity contribution in [1.82, 2.24) is 5.32 Å². The number of rotatable bonds is 49. The molecule has 0 radical (unpaired) electrons. The van der Waals surface area contributed by atoms with E-state index < -0.39 is 49.5 Å². The second kappa shape index (κ2) is 50.9. The minimum absolute atomic E-state index is 0.188. The topological polar surface area (TPSA) is 149 Å². The summed E-state index contributed by atoms with van der Waals surface area (Å²) in [5.41, 5.74) is 0. The van der Waals surface area contributed by atoms with Gasteiger partial charge in [-0.2, -0.15) is 0 Å². The van der Waals surface area contributed by atoms with Crippen LogP contribution in [0.5, 0.6) is 0 Å². The lowest BCUT2D eigenvalue weighted by atomic mass is 9.99. The van der Waals surface area contributed by atoms with Crippen molar-refractivity contribution in [3.63, 3.8) is 0 Å². The first-order chi connectivity index (χ1) is 34.8. The van der Waals surface area contributed by atoms with E-state index in [4.69, 9.17) is 9.47 Å². The Bertz CT molecular complexity index is 1390. The summed E-state index contributed by atoms with van der Waals surface area (Å²) in [5, 5.41) is 54.5. The molecule has 71 heavy (non-hydrogen) atoms. The summed E-state index contributed by atoms with van der Waals surface area (Å²) >= 11 is 0. The molecule has 0 aliphatic carbocycles. The van der Waals surface area contributed by atoms with E-state index in [0.29, 0.717) is 6.42 Å². The van der Waals surface area contributed by atoms with Crippen LogP contribution in [0.25, 0.3) is 0 Å². The second-order valence-electron chi connectivity index (χ2n) is 20.0. The van der Waals surface area contributed by atoms with Crippen LogP contribution in [0.2, 0.25) is 0 Å². The molecule has 0 bridgehead atoms. The molecule has 1 aliphatic rings. The van der Waals surface area contributed by atoms with E-state index in [9.17, 15) is 30.3 Å². The van der Waals surface area contributed by atoms with Crippen molar-refractivity contribution in [2.45, 2.75) is 288 Å². The number of allylic oxidation sites excluding steroid dienone is 13. The Labute approximate surface area is 435 Å². The van der Waals surface area contributed by atoms with Crippen LogP contribution in [0.3, 0.4) is 0 Å². The van der Waals surface area contributed by atoms with Gasteiger partial charge in [0.25, 0.3) is 0 Å². The van der Waals surface area contributed by atoms with E-state index in [2.05, 4.69) is 92.1 Å². The molecule has 1 heterocycles. The molecule has 0 saturated carbocycles. The number of hydrogen-bond donors (Lipinski definition) is 6. The Hall–Kier alpha value is -2.63. The molecule has 9 nitrogen and oxygen atoms in total. The predicted octanol–water partition coefficient (Wildman–Crippen LogP) is 14.6. The predicted molar refractivity (Wildman–Crippen MR) is 299 cm³/mol.